The van der Waals surface area contributed by atoms with Gasteiger partial charge in [-0.1, -0.05) is 11.8 Å². The average molecular weight is 390 g/mol. The minimum absolute atomic E-state index is 0.132. The van der Waals surface area contributed by atoms with Crippen LogP contribution in [0.4, 0.5) is 18.0 Å². The van der Waals surface area contributed by atoms with E-state index in [9.17, 15) is 22.8 Å². The van der Waals surface area contributed by atoms with Crippen LogP contribution in [0.2, 0.25) is 0 Å². The number of ether oxygens (including phenoxy) is 1. The molecular formula is C13H13F3N6O3S. The zero-order valence-corrected chi connectivity index (χ0v) is 14.1. The Bertz CT molecular complexity index is 765. The molecule has 9 nitrogen and oxygen atoms in total. The lowest BCUT2D eigenvalue weighted by molar-refractivity contribution is -0.274. The number of halogens is 3. The number of aromatic nitrogens is 4. The van der Waals surface area contributed by atoms with Crippen LogP contribution in [0.1, 0.15) is 6.92 Å². The first-order chi connectivity index (χ1) is 12.3. The predicted molar refractivity (Wildman–Crippen MR) is 83.8 cm³/mol. The van der Waals surface area contributed by atoms with Crippen LogP contribution >= 0.6 is 11.8 Å². The molecule has 0 unspecified atom stereocenters. The fourth-order valence-corrected chi connectivity index (χ4v) is 2.41. The quantitative estimate of drug-likeness (QED) is 0.719. The van der Waals surface area contributed by atoms with Crippen LogP contribution in [-0.2, 0) is 4.79 Å². The summed E-state index contributed by atoms with van der Waals surface area (Å²) >= 11 is 0.955. The summed E-state index contributed by atoms with van der Waals surface area (Å²) in [5.74, 6) is -1.07. The molecule has 1 aromatic carbocycles. The second kappa shape index (κ2) is 8.51. The first-order valence-corrected chi connectivity index (χ1v) is 8.12. The summed E-state index contributed by atoms with van der Waals surface area (Å²) in [6.07, 6.45) is -4.78. The van der Waals surface area contributed by atoms with E-state index in [1.165, 1.54) is 16.8 Å². The Hall–Kier alpha value is -2.83. The van der Waals surface area contributed by atoms with E-state index in [2.05, 4.69) is 30.9 Å². The molecule has 0 aliphatic rings. The van der Waals surface area contributed by atoms with Gasteiger partial charge in [0.2, 0.25) is 11.1 Å². The molecule has 2 N–H and O–H groups in total. The third-order valence-electron chi connectivity index (χ3n) is 2.68. The zero-order chi connectivity index (χ0) is 19.2. The second-order valence-corrected chi connectivity index (χ2v) is 5.55. The molecule has 0 aliphatic heterocycles. The Morgan fingerprint density at radius 1 is 1.27 bits per heavy atom. The topological polar surface area (TPSA) is 111 Å². The SMILES string of the molecule is CCNC(=O)NC(=O)CSc1nnnn1-c1ccc(OC(F)(F)F)cc1. The Kier molecular flexibility index (Phi) is 6.38. The molecule has 2 rings (SSSR count). The number of benzene rings is 1. The fraction of sp³-hybridized carbons (Fsp3) is 0.308. The van der Waals surface area contributed by atoms with Crippen molar-refractivity contribution in [2.75, 3.05) is 12.3 Å². The summed E-state index contributed by atoms with van der Waals surface area (Å²) in [4.78, 5) is 22.9. The molecule has 0 atom stereocenters. The van der Waals surface area contributed by atoms with Crippen molar-refractivity contribution in [2.24, 2.45) is 0 Å². The molecule has 0 fully saturated rings. The fourth-order valence-electron chi connectivity index (χ4n) is 1.72. The van der Waals surface area contributed by atoms with E-state index >= 15 is 0 Å². The number of carbonyl (C=O) groups is 2. The molecule has 0 bridgehead atoms. The smallest absolute Gasteiger partial charge is 0.406 e. The molecule has 2 aromatic rings. The second-order valence-electron chi connectivity index (χ2n) is 4.61. The maximum Gasteiger partial charge on any atom is 0.573 e. The summed E-state index contributed by atoms with van der Waals surface area (Å²) in [5, 5.41) is 15.7. The number of nitrogens with one attached hydrogen (secondary N) is 2. The summed E-state index contributed by atoms with van der Waals surface area (Å²) in [5.41, 5.74) is 0.371. The average Bonchev–Trinajstić information content (AvgIpc) is 3.01. The van der Waals surface area contributed by atoms with Crippen LogP contribution in [0.15, 0.2) is 29.4 Å². The normalized spacial score (nSPS) is 11.1. The van der Waals surface area contributed by atoms with Crippen LogP contribution in [0, 0.1) is 0 Å². The zero-order valence-electron chi connectivity index (χ0n) is 13.3. The summed E-state index contributed by atoms with van der Waals surface area (Å²) in [7, 11) is 0. The predicted octanol–water partition coefficient (Wildman–Crippen LogP) is 1.50. The third kappa shape index (κ3) is 5.91. The Labute approximate surface area is 149 Å². The molecule has 0 saturated carbocycles. The van der Waals surface area contributed by atoms with E-state index in [4.69, 9.17) is 0 Å². The van der Waals surface area contributed by atoms with Crippen LogP contribution < -0.4 is 15.4 Å². The lowest BCUT2D eigenvalue weighted by Crippen LogP contribution is -2.40. The summed E-state index contributed by atoms with van der Waals surface area (Å²) in [6.45, 7) is 2.08. The minimum Gasteiger partial charge on any atom is -0.406 e. The van der Waals surface area contributed by atoms with E-state index in [-0.39, 0.29) is 16.7 Å². The van der Waals surface area contributed by atoms with Crippen molar-refractivity contribution in [1.82, 2.24) is 30.8 Å². The van der Waals surface area contributed by atoms with Gasteiger partial charge in [0.15, 0.2) is 0 Å². The number of alkyl halides is 3. The number of hydrogen-bond donors (Lipinski definition) is 2. The molecule has 13 heteroatoms. The highest BCUT2D eigenvalue weighted by Gasteiger charge is 2.31. The number of thioether (sulfide) groups is 1. The van der Waals surface area contributed by atoms with Crippen molar-refractivity contribution >= 4 is 23.7 Å². The van der Waals surface area contributed by atoms with Gasteiger partial charge < -0.3 is 10.1 Å². The summed E-state index contributed by atoms with van der Waals surface area (Å²) < 4.78 is 41.5. The van der Waals surface area contributed by atoms with Crippen molar-refractivity contribution in [3.8, 4) is 11.4 Å². The van der Waals surface area contributed by atoms with Gasteiger partial charge in [-0.3, -0.25) is 10.1 Å². The van der Waals surface area contributed by atoms with Crippen molar-refractivity contribution in [2.45, 2.75) is 18.4 Å². The van der Waals surface area contributed by atoms with Gasteiger partial charge in [-0.15, -0.1) is 18.3 Å². The molecule has 140 valence electrons. The monoisotopic (exact) mass is 390 g/mol. The molecule has 26 heavy (non-hydrogen) atoms. The number of carbonyl (C=O) groups excluding carboxylic acids is 2. The van der Waals surface area contributed by atoms with Gasteiger partial charge >= 0.3 is 12.4 Å². The molecule has 1 heterocycles. The lowest BCUT2D eigenvalue weighted by atomic mass is 10.3. The number of imide groups is 1. The van der Waals surface area contributed by atoms with Gasteiger partial charge in [-0.05, 0) is 41.6 Å². The van der Waals surface area contributed by atoms with Gasteiger partial charge in [0.1, 0.15) is 5.75 Å². The molecule has 0 saturated heterocycles. The maximum atomic E-state index is 12.2. The van der Waals surface area contributed by atoms with Gasteiger partial charge in [-0.2, -0.15) is 4.68 Å². The van der Waals surface area contributed by atoms with Gasteiger partial charge in [0.05, 0.1) is 11.4 Å². The van der Waals surface area contributed by atoms with Crippen LogP contribution in [0.25, 0.3) is 5.69 Å². The van der Waals surface area contributed by atoms with Crippen molar-refractivity contribution in [3.63, 3.8) is 0 Å². The lowest BCUT2D eigenvalue weighted by Gasteiger charge is -2.09. The Morgan fingerprint density at radius 3 is 2.58 bits per heavy atom. The molecular weight excluding hydrogens is 377 g/mol. The van der Waals surface area contributed by atoms with E-state index < -0.39 is 18.3 Å². The Morgan fingerprint density at radius 2 is 1.96 bits per heavy atom. The summed E-state index contributed by atoms with van der Waals surface area (Å²) in [6, 6.07) is 4.27. The first kappa shape index (κ1) is 19.5. The molecule has 1 aromatic heterocycles. The number of hydrogen-bond acceptors (Lipinski definition) is 7. The molecule has 0 radical (unpaired) electrons. The number of tetrazole rings is 1. The Balaban J connectivity index is 1.99. The van der Waals surface area contributed by atoms with Crippen LogP contribution in [-0.4, -0.2) is 50.8 Å². The van der Waals surface area contributed by atoms with E-state index in [0.29, 0.717) is 12.2 Å². The molecule has 3 amide bonds. The van der Waals surface area contributed by atoms with Gasteiger partial charge in [0, 0.05) is 6.54 Å². The number of rotatable bonds is 6. The highest BCUT2D eigenvalue weighted by molar-refractivity contribution is 7.99. The van der Waals surface area contributed by atoms with Crippen LogP contribution in [0.3, 0.4) is 0 Å². The van der Waals surface area contributed by atoms with Gasteiger partial charge in [0.25, 0.3) is 0 Å². The number of nitrogens with zero attached hydrogens (tertiary/aromatic N) is 4. The van der Waals surface area contributed by atoms with E-state index in [1.807, 2.05) is 0 Å². The highest BCUT2D eigenvalue weighted by Crippen LogP contribution is 2.24. The van der Waals surface area contributed by atoms with Crippen LogP contribution in [0.5, 0.6) is 5.75 Å². The van der Waals surface area contributed by atoms with Gasteiger partial charge in [-0.25, -0.2) is 4.79 Å². The van der Waals surface area contributed by atoms with E-state index in [1.54, 1.807) is 6.92 Å². The highest BCUT2D eigenvalue weighted by atomic mass is 32.2. The van der Waals surface area contributed by atoms with Crippen molar-refractivity contribution in [1.29, 1.82) is 0 Å². The molecule has 0 aliphatic carbocycles. The third-order valence-corrected chi connectivity index (χ3v) is 3.60. The largest absolute Gasteiger partial charge is 0.573 e. The maximum absolute atomic E-state index is 12.2. The van der Waals surface area contributed by atoms with E-state index in [0.717, 1.165) is 23.9 Å². The minimum atomic E-state index is -4.78. The first-order valence-electron chi connectivity index (χ1n) is 7.13. The number of urea groups is 1. The standard InChI is InChI=1S/C13H13F3N6O3S/c1-2-17-11(24)18-10(23)7-26-12-19-20-21-22(12)8-3-5-9(6-4-8)25-13(14,15)16/h3-6H,2,7H2,1H3,(H2,17,18,23,24). The van der Waals surface area contributed by atoms with Crippen molar-refractivity contribution in [3.05, 3.63) is 24.3 Å². The van der Waals surface area contributed by atoms with Crippen molar-refractivity contribution < 1.29 is 27.5 Å². The molecule has 0 spiro atoms. The number of amides is 3.